The van der Waals surface area contributed by atoms with Gasteiger partial charge in [0, 0.05) is 13.2 Å². The van der Waals surface area contributed by atoms with Crippen molar-refractivity contribution in [3.8, 4) is 0 Å². The molecule has 0 aromatic carbocycles. The van der Waals surface area contributed by atoms with Gasteiger partial charge in [-0.2, -0.15) is 0 Å². The van der Waals surface area contributed by atoms with Crippen LogP contribution in [0.5, 0.6) is 0 Å². The van der Waals surface area contributed by atoms with Gasteiger partial charge in [-0.15, -0.1) is 0 Å². The Morgan fingerprint density at radius 1 is 1.00 bits per heavy atom. The van der Waals surface area contributed by atoms with E-state index >= 15 is 0 Å². The van der Waals surface area contributed by atoms with E-state index in [0.717, 1.165) is 50.0 Å². The van der Waals surface area contributed by atoms with E-state index in [0.29, 0.717) is 6.54 Å². The molecule has 0 rings (SSSR count). The molecule has 0 bridgehead atoms. The Morgan fingerprint density at radius 3 is 2.09 bits per heavy atom. The molecule has 0 saturated carbocycles. The normalized spacial score (nSPS) is 12.3. The van der Waals surface area contributed by atoms with Gasteiger partial charge in [-0.3, -0.25) is 0 Å². The van der Waals surface area contributed by atoms with E-state index in [4.69, 9.17) is 8.85 Å². The van der Waals surface area contributed by atoms with Gasteiger partial charge < -0.3 is 14.2 Å². The highest BCUT2D eigenvalue weighted by Gasteiger charge is 2.32. The molecule has 0 aromatic heterocycles. The predicted molar refractivity (Wildman–Crippen MR) is 99.4 cm³/mol. The minimum absolute atomic E-state index is 0.212. The zero-order valence-electron chi connectivity index (χ0n) is 15.6. The van der Waals surface area contributed by atoms with Gasteiger partial charge in [-0.25, -0.2) is 4.79 Å². The maximum Gasteiger partial charge on any atom is 0.393 e. The molecule has 1 amide bonds. The van der Waals surface area contributed by atoms with Gasteiger partial charge in [-0.1, -0.05) is 34.1 Å². The third kappa shape index (κ3) is 8.95. The molecule has 4 nitrogen and oxygen atoms in total. The number of hydrogen-bond acceptors (Lipinski definition) is 3. The molecule has 0 atom stereocenters. The first-order chi connectivity index (χ1) is 10.3. The summed E-state index contributed by atoms with van der Waals surface area (Å²) in [7, 11) is -3.31. The summed E-state index contributed by atoms with van der Waals surface area (Å²) in [6.45, 7) is 14.7. The van der Waals surface area contributed by atoms with E-state index in [1.165, 1.54) is 0 Å². The topological polar surface area (TPSA) is 47.6 Å². The average molecular weight is 348 g/mol. The summed E-state index contributed by atoms with van der Waals surface area (Å²) in [6.07, 6.45) is 2.99. The third-order valence-corrected chi connectivity index (χ3v) is 11.4. The number of carbonyl (C=O) groups is 1. The zero-order valence-corrected chi connectivity index (χ0v) is 17.6. The van der Waals surface area contributed by atoms with Gasteiger partial charge in [0.1, 0.15) is 0 Å². The smallest absolute Gasteiger partial charge is 0.393 e. The minimum atomic E-state index is -1.82. The third-order valence-electron chi connectivity index (χ3n) is 4.41. The van der Waals surface area contributed by atoms with Gasteiger partial charge in [0.2, 0.25) is 0 Å². The lowest BCUT2D eigenvalue weighted by Crippen LogP contribution is -2.42. The van der Waals surface area contributed by atoms with Crippen LogP contribution in [-0.2, 0) is 8.85 Å². The van der Waals surface area contributed by atoms with E-state index in [1.54, 1.807) is 0 Å². The van der Waals surface area contributed by atoms with Crippen molar-refractivity contribution in [2.75, 3.05) is 13.2 Å². The molecule has 0 spiro atoms. The highest BCUT2D eigenvalue weighted by atomic mass is 28.4. The molecule has 0 aliphatic carbocycles. The summed E-state index contributed by atoms with van der Waals surface area (Å²) in [5.74, 6) is 0. The standard InChI is InChI=1S/C16H37NO3Si2/c1-7-14-19-21(5,6)15-12-11-13-17-16(18)20-22(8-2,9-3)10-4/h7-15H2,1-6H3,(H,17,18). The number of rotatable bonds is 12. The van der Waals surface area contributed by atoms with Crippen LogP contribution >= 0.6 is 0 Å². The van der Waals surface area contributed by atoms with E-state index in [-0.39, 0.29) is 6.09 Å². The van der Waals surface area contributed by atoms with E-state index in [2.05, 4.69) is 46.1 Å². The van der Waals surface area contributed by atoms with Gasteiger partial charge in [0.05, 0.1) is 0 Å². The lowest BCUT2D eigenvalue weighted by molar-refractivity contribution is 0.197. The first kappa shape index (κ1) is 21.7. The van der Waals surface area contributed by atoms with E-state index < -0.39 is 16.6 Å². The molecule has 0 aliphatic rings. The van der Waals surface area contributed by atoms with Gasteiger partial charge in [-0.05, 0) is 50.1 Å². The van der Waals surface area contributed by atoms with Crippen molar-refractivity contribution in [2.45, 2.75) is 84.2 Å². The molecule has 132 valence electrons. The fraction of sp³-hybridized carbons (Fsp3) is 0.938. The predicted octanol–water partition coefficient (Wildman–Crippen LogP) is 5.13. The molecule has 1 N–H and O–H groups in total. The number of amides is 1. The van der Waals surface area contributed by atoms with Crippen molar-refractivity contribution in [3.63, 3.8) is 0 Å². The molecular weight excluding hydrogens is 310 g/mol. The van der Waals surface area contributed by atoms with E-state index in [1.807, 2.05) is 0 Å². The summed E-state index contributed by atoms with van der Waals surface area (Å²) in [5, 5.41) is 2.92. The maximum atomic E-state index is 11.9. The van der Waals surface area contributed by atoms with Crippen molar-refractivity contribution < 1.29 is 13.6 Å². The first-order valence-electron chi connectivity index (χ1n) is 8.95. The number of hydrogen-bond donors (Lipinski definition) is 1. The summed E-state index contributed by atoms with van der Waals surface area (Å²) in [6, 6.07) is 4.16. The quantitative estimate of drug-likeness (QED) is 0.393. The molecule has 0 aromatic rings. The molecule has 22 heavy (non-hydrogen) atoms. The van der Waals surface area contributed by atoms with Crippen LogP contribution < -0.4 is 5.32 Å². The second kappa shape index (κ2) is 11.2. The number of nitrogens with one attached hydrogen (secondary N) is 1. The molecular formula is C16H37NO3Si2. The number of unbranched alkanes of at least 4 members (excludes halogenated alkanes) is 1. The molecule has 0 radical (unpaired) electrons. The van der Waals surface area contributed by atoms with Crippen molar-refractivity contribution in [1.82, 2.24) is 5.32 Å². The highest BCUT2D eigenvalue weighted by Crippen LogP contribution is 2.21. The summed E-state index contributed by atoms with van der Waals surface area (Å²) >= 11 is 0. The first-order valence-corrected chi connectivity index (χ1v) is 14.6. The van der Waals surface area contributed by atoms with Crippen LogP contribution in [0.4, 0.5) is 4.79 Å². The Bertz CT molecular complexity index is 300. The van der Waals surface area contributed by atoms with Crippen molar-refractivity contribution in [1.29, 1.82) is 0 Å². The summed E-state index contributed by atoms with van der Waals surface area (Å²) in [4.78, 5) is 11.9. The lowest BCUT2D eigenvalue weighted by atomic mass is 10.3. The molecule has 0 fully saturated rings. The lowest BCUT2D eigenvalue weighted by Gasteiger charge is -2.27. The SMILES string of the molecule is CCCO[Si](C)(C)CCCCNC(=O)O[Si](CC)(CC)CC. The summed E-state index contributed by atoms with van der Waals surface area (Å²) < 4.78 is 11.7. The van der Waals surface area contributed by atoms with Crippen molar-refractivity contribution >= 4 is 22.7 Å². The molecule has 0 saturated heterocycles. The molecule has 6 heteroatoms. The fourth-order valence-corrected chi connectivity index (χ4v) is 6.92. The van der Waals surface area contributed by atoms with Crippen LogP contribution in [-0.4, -0.2) is 35.9 Å². The maximum absolute atomic E-state index is 11.9. The molecule has 0 unspecified atom stereocenters. The van der Waals surface area contributed by atoms with Crippen LogP contribution in [0.1, 0.15) is 47.0 Å². The largest absolute Gasteiger partial charge is 0.504 e. The second-order valence-corrected chi connectivity index (χ2v) is 15.6. The Labute approximate surface area is 139 Å². The Kier molecular flexibility index (Phi) is 11.1. The fourth-order valence-electron chi connectivity index (χ4n) is 2.52. The summed E-state index contributed by atoms with van der Waals surface area (Å²) in [5.41, 5.74) is 0. The van der Waals surface area contributed by atoms with Gasteiger partial charge >= 0.3 is 6.09 Å². The Hall–Kier alpha value is -0.336. The number of carbonyl (C=O) groups excluding carboxylic acids is 1. The van der Waals surface area contributed by atoms with Gasteiger partial charge in [0.25, 0.3) is 8.32 Å². The van der Waals surface area contributed by atoms with Crippen LogP contribution in [0.3, 0.4) is 0 Å². The van der Waals surface area contributed by atoms with E-state index in [9.17, 15) is 4.79 Å². The Balaban J connectivity index is 3.90. The van der Waals surface area contributed by atoms with Crippen molar-refractivity contribution in [2.24, 2.45) is 0 Å². The van der Waals surface area contributed by atoms with Crippen LogP contribution in [0.2, 0.25) is 37.3 Å². The zero-order chi connectivity index (χ0) is 17.1. The van der Waals surface area contributed by atoms with Gasteiger partial charge in [0.15, 0.2) is 8.32 Å². The van der Waals surface area contributed by atoms with Crippen LogP contribution in [0.25, 0.3) is 0 Å². The molecule has 0 heterocycles. The Morgan fingerprint density at radius 2 is 1.59 bits per heavy atom. The molecule has 0 aliphatic heterocycles. The van der Waals surface area contributed by atoms with Crippen LogP contribution in [0, 0.1) is 0 Å². The monoisotopic (exact) mass is 347 g/mol. The highest BCUT2D eigenvalue weighted by molar-refractivity contribution is 6.74. The van der Waals surface area contributed by atoms with Crippen molar-refractivity contribution in [3.05, 3.63) is 0 Å². The average Bonchev–Trinajstić information content (AvgIpc) is 2.50. The second-order valence-electron chi connectivity index (χ2n) is 6.63. The minimum Gasteiger partial charge on any atom is -0.504 e. The van der Waals surface area contributed by atoms with Crippen LogP contribution in [0.15, 0.2) is 0 Å².